The largest absolute Gasteiger partial charge is 0.345 e. The number of benzene rings is 2. The molecule has 0 aliphatic carbocycles. The zero-order chi connectivity index (χ0) is 20.1. The third-order valence-electron chi connectivity index (χ3n) is 3.78. The van der Waals surface area contributed by atoms with Crippen LogP contribution in [0.2, 0.25) is 0 Å². The van der Waals surface area contributed by atoms with Crippen LogP contribution < -0.4 is 10.9 Å². The summed E-state index contributed by atoms with van der Waals surface area (Å²) in [5, 5.41) is 16.2. The number of aromatic amines is 1. The molecule has 0 fully saturated rings. The molecule has 0 spiro atoms. The number of urea groups is 1. The number of thiocyanates is 1. The number of aliphatic imine (C=N–C) groups is 1. The lowest BCUT2D eigenvalue weighted by atomic mass is 10.3. The van der Waals surface area contributed by atoms with E-state index in [4.69, 9.17) is 5.26 Å². The molecule has 0 saturated carbocycles. The number of halogens is 1. The average Bonchev–Trinajstić information content (AvgIpc) is 2.96. The maximum absolute atomic E-state index is 12.6. The maximum Gasteiger partial charge on any atom is 0.345 e. The van der Waals surface area contributed by atoms with Gasteiger partial charge in [-0.25, -0.2) is 14.5 Å². The number of carbonyl (C=O) groups is 1. The molecule has 0 radical (unpaired) electrons. The van der Waals surface area contributed by atoms with Gasteiger partial charge >= 0.3 is 6.03 Å². The van der Waals surface area contributed by atoms with Gasteiger partial charge in [0.15, 0.2) is 0 Å². The standard InChI is InChI=1S/C19H14IN5O2S/c1-12-17(18(26)25(24-12)15-6-2-13(20)3-7-15)10-22-19(27)23-14-4-8-16(9-5-14)28-11-21/h2-10,24H,1H3,(H,23,27)/b22-10+. The van der Waals surface area contributed by atoms with E-state index in [0.717, 1.165) is 20.2 Å². The number of nitrogens with zero attached hydrogens (tertiary/aromatic N) is 3. The van der Waals surface area contributed by atoms with E-state index in [1.807, 2.05) is 29.7 Å². The Labute approximate surface area is 178 Å². The molecule has 3 aromatic rings. The van der Waals surface area contributed by atoms with Crippen LogP contribution in [0.5, 0.6) is 0 Å². The van der Waals surface area contributed by atoms with Gasteiger partial charge in [-0.2, -0.15) is 5.26 Å². The van der Waals surface area contributed by atoms with E-state index >= 15 is 0 Å². The van der Waals surface area contributed by atoms with E-state index in [9.17, 15) is 9.59 Å². The molecule has 2 aromatic carbocycles. The van der Waals surface area contributed by atoms with Crippen LogP contribution in [0.25, 0.3) is 5.69 Å². The molecule has 0 aliphatic heterocycles. The Kier molecular flexibility index (Phi) is 6.33. The van der Waals surface area contributed by atoms with Crippen molar-refractivity contribution in [3.63, 3.8) is 0 Å². The normalized spacial score (nSPS) is 10.8. The van der Waals surface area contributed by atoms with Gasteiger partial charge in [0.25, 0.3) is 5.56 Å². The molecule has 140 valence electrons. The monoisotopic (exact) mass is 503 g/mol. The highest BCUT2D eigenvalue weighted by molar-refractivity contribution is 14.1. The molecule has 7 nitrogen and oxygen atoms in total. The van der Waals surface area contributed by atoms with Crippen LogP contribution in [0.1, 0.15) is 11.3 Å². The second-order valence-corrected chi connectivity index (χ2v) is 7.78. The van der Waals surface area contributed by atoms with E-state index in [-0.39, 0.29) is 5.56 Å². The molecule has 0 aliphatic rings. The van der Waals surface area contributed by atoms with Crippen molar-refractivity contribution in [2.24, 2.45) is 4.99 Å². The van der Waals surface area contributed by atoms with Gasteiger partial charge < -0.3 is 5.32 Å². The zero-order valence-electron chi connectivity index (χ0n) is 14.6. The summed E-state index contributed by atoms with van der Waals surface area (Å²) in [7, 11) is 0. The lowest BCUT2D eigenvalue weighted by Crippen LogP contribution is -2.17. The number of thioether (sulfide) groups is 1. The van der Waals surface area contributed by atoms with Gasteiger partial charge in [-0.15, -0.1) is 0 Å². The van der Waals surface area contributed by atoms with Crippen molar-refractivity contribution < 1.29 is 4.79 Å². The number of hydrogen-bond donors (Lipinski definition) is 2. The van der Waals surface area contributed by atoms with Crippen molar-refractivity contribution in [2.45, 2.75) is 11.8 Å². The van der Waals surface area contributed by atoms with Crippen molar-refractivity contribution in [2.75, 3.05) is 5.32 Å². The van der Waals surface area contributed by atoms with Gasteiger partial charge in [-0.1, -0.05) is 0 Å². The number of H-pyrrole nitrogens is 1. The molecule has 9 heteroatoms. The first-order valence-electron chi connectivity index (χ1n) is 8.06. The van der Waals surface area contributed by atoms with Gasteiger partial charge in [0, 0.05) is 26.1 Å². The van der Waals surface area contributed by atoms with Crippen molar-refractivity contribution in [3.8, 4) is 11.1 Å². The molecule has 2 amide bonds. The summed E-state index contributed by atoms with van der Waals surface area (Å²) < 4.78 is 2.48. The van der Waals surface area contributed by atoms with E-state index < -0.39 is 6.03 Å². The van der Waals surface area contributed by atoms with E-state index in [1.54, 1.807) is 31.2 Å². The highest BCUT2D eigenvalue weighted by atomic mass is 127. The van der Waals surface area contributed by atoms with Crippen molar-refractivity contribution in [1.82, 2.24) is 9.78 Å². The third kappa shape index (κ3) is 4.71. The van der Waals surface area contributed by atoms with E-state index in [2.05, 4.69) is 38.0 Å². The van der Waals surface area contributed by atoms with Crippen LogP contribution in [0.3, 0.4) is 0 Å². The molecule has 3 rings (SSSR count). The molecule has 0 unspecified atom stereocenters. The molecule has 28 heavy (non-hydrogen) atoms. The summed E-state index contributed by atoms with van der Waals surface area (Å²) in [6, 6.07) is 13.7. The molecule has 0 bridgehead atoms. The van der Waals surface area contributed by atoms with Gasteiger partial charge in [0.2, 0.25) is 0 Å². The summed E-state index contributed by atoms with van der Waals surface area (Å²) in [5.41, 5.74) is 1.89. The van der Waals surface area contributed by atoms with Crippen molar-refractivity contribution in [3.05, 3.63) is 73.7 Å². The van der Waals surface area contributed by atoms with Crippen molar-refractivity contribution >= 4 is 52.3 Å². The highest BCUT2D eigenvalue weighted by Gasteiger charge is 2.11. The van der Waals surface area contributed by atoms with Gasteiger partial charge in [0.1, 0.15) is 5.40 Å². The minimum atomic E-state index is -0.596. The van der Waals surface area contributed by atoms with E-state index in [1.165, 1.54) is 10.9 Å². The number of aromatic nitrogens is 2. The number of anilines is 1. The summed E-state index contributed by atoms with van der Waals surface area (Å²) >= 11 is 3.23. The second-order valence-electron chi connectivity index (χ2n) is 5.67. The minimum Gasteiger partial charge on any atom is -0.306 e. The Bertz CT molecular complexity index is 1130. The molecule has 2 N–H and O–H groups in total. The van der Waals surface area contributed by atoms with Crippen LogP contribution in [-0.2, 0) is 0 Å². The second kappa shape index (κ2) is 8.90. The summed E-state index contributed by atoms with van der Waals surface area (Å²) in [4.78, 5) is 29.3. The minimum absolute atomic E-state index is 0.284. The first kappa shape index (κ1) is 19.9. The Morgan fingerprint density at radius 3 is 2.57 bits per heavy atom. The molecular formula is C19H14IN5O2S. The van der Waals surface area contributed by atoms with Gasteiger partial charge in [-0.05, 0) is 89.8 Å². The number of nitrogens with one attached hydrogen (secondary N) is 2. The van der Waals surface area contributed by atoms with Crippen molar-refractivity contribution in [1.29, 1.82) is 5.26 Å². The SMILES string of the molecule is Cc1[nH]n(-c2ccc(I)cc2)c(=O)c1/C=N/C(=O)Nc1ccc(SC#N)cc1. The lowest BCUT2D eigenvalue weighted by molar-refractivity contribution is 0.259. The first-order chi connectivity index (χ1) is 13.5. The molecule has 1 heterocycles. The maximum atomic E-state index is 12.6. The quantitative estimate of drug-likeness (QED) is 0.240. The fraction of sp³-hybridized carbons (Fsp3) is 0.0526. The van der Waals surface area contributed by atoms with Crippen LogP contribution in [0.4, 0.5) is 10.5 Å². The fourth-order valence-corrected chi connectivity index (χ4v) is 3.16. The fourth-order valence-electron chi connectivity index (χ4n) is 2.42. The van der Waals surface area contributed by atoms with Crippen LogP contribution in [-0.4, -0.2) is 22.0 Å². The summed E-state index contributed by atoms with van der Waals surface area (Å²) in [6.45, 7) is 1.75. The topological polar surface area (TPSA) is 103 Å². The summed E-state index contributed by atoms with van der Waals surface area (Å²) in [6.07, 6.45) is 1.26. The Morgan fingerprint density at radius 2 is 1.93 bits per heavy atom. The lowest BCUT2D eigenvalue weighted by Gasteiger charge is -2.01. The highest BCUT2D eigenvalue weighted by Crippen LogP contribution is 2.19. The zero-order valence-corrected chi connectivity index (χ0v) is 17.6. The third-order valence-corrected chi connectivity index (χ3v) is 5.10. The number of carbonyl (C=O) groups excluding carboxylic acids is 1. The number of nitriles is 1. The number of rotatable bonds is 4. The predicted octanol–water partition coefficient (Wildman–Crippen LogP) is 4.30. The summed E-state index contributed by atoms with van der Waals surface area (Å²) in [5.74, 6) is 0. The Hall–Kier alpha value is -2.84. The predicted molar refractivity (Wildman–Crippen MR) is 118 cm³/mol. The smallest absolute Gasteiger partial charge is 0.306 e. The van der Waals surface area contributed by atoms with Gasteiger partial charge in [-0.3, -0.25) is 9.89 Å². The first-order valence-corrected chi connectivity index (χ1v) is 9.96. The molecular weight excluding hydrogens is 489 g/mol. The van der Waals surface area contributed by atoms with E-state index in [0.29, 0.717) is 22.6 Å². The Balaban J connectivity index is 1.75. The number of hydrogen-bond acceptors (Lipinski definition) is 4. The van der Waals surface area contributed by atoms with Crippen LogP contribution in [0.15, 0.2) is 63.2 Å². The number of amides is 2. The average molecular weight is 503 g/mol. The molecule has 0 saturated heterocycles. The molecule has 1 aromatic heterocycles. The van der Waals surface area contributed by atoms with Crippen LogP contribution >= 0.6 is 34.4 Å². The van der Waals surface area contributed by atoms with Gasteiger partial charge in [0.05, 0.1) is 11.3 Å². The van der Waals surface area contributed by atoms with Crippen LogP contribution in [0, 0.1) is 21.2 Å². The molecule has 0 atom stereocenters. The Morgan fingerprint density at radius 1 is 1.25 bits per heavy atom. The number of aryl methyl sites for hydroxylation is 1.